The maximum atomic E-state index is 13.7. The SMILES string of the molecule is COc1ccc(CN2C(=O)N(c3cnn(Cc4c(C)noc4C)c3)C(=O)C2(C)C)cc1O[Si](C)(C)C(C)(C)C. The molecule has 0 unspecified atom stereocenters. The van der Waals surface area contributed by atoms with E-state index >= 15 is 0 Å². The molecule has 1 fully saturated rings. The quantitative estimate of drug-likeness (QED) is 0.261. The van der Waals surface area contributed by atoms with Crippen molar-refractivity contribution in [2.24, 2.45) is 0 Å². The Kier molecular flexibility index (Phi) is 7.18. The second-order valence-electron chi connectivity index (χ2n) is 12.1. The summed E-state index contributed by atoms with van der Waals surface area (Å²) in [4.78, 5) is 29.9. The monoisotopic (exact) mass is 553 g/mol. The summed E-state index contributed by atoms with van der Waals surface area (Å²) < 4.78 is 19.0. The lowest BCUT2D eigenvalue weighted by Crippen LogP contribution is -2.44. The van der Waals surface area contributed by atoms with Crippen LogP contribution in [0.5, 0.6) is 11.5 Å². The van der Waals surface area contributed by atoms with Crippen LogP contribution in [-0.4, -0.2) is 52.7 Å². The Bertz CT molecular complexity index is 1380. The molecule has 3 aromatic rings. The van der Waals surface area contributed by atoms with Crippen LogP contribution in [-0.2, 0) is 17.9 Å². The number of benzene rings is 1. The molecule has 3 heterocycles. The maximum absolute atomic E-state index is 13.7. The van der Waals surface area contributed by atoms with Crippen molar-refractivity contribution in [3.8, 4) is 11.5 Å². The number of rotatable bonds is 8. The lowest BCUT2D eigenvalue weighted by Gasteiger charge is -2.37. The van der Waals surface area contributed by atoms with E-state index in [0.29, 0.717) is 29.5 Å². The summed E-state index contributed by atoms with van der Waals surface area (Å²) in [6.45, 7) is 18.8. The normalized spacial score (nSPS) is 15.8. The van der Waals surface area contributed by atoms with Gasteiger partial charge >= 0.3 is 6.03 Å². The average Bonchev–Trinajstić information content (AvgIpc) is 3.47. The molecule has 1 aromatic carbocycles. The Labute approximate surface area is 231 Å². The first kappa shape index (κ1) is 28.4. The fraction of sp³-hybridized carbons (Fsp3) is 0.500. The van der Waals surface area contributed by atoms with Crippen molar-refractivity contribution >= 4 is 25.9 Å². The number of imide groups is 1. The van der Waals surface area contributed by atoms with Gasteiger partial charge < -0.3 is 18.6 Å². The molecule has 0 spiro atoms. The molecule has 3 amide bonds. The highest BCUT2D eigenvalue weighted by Crippen LogP contribution is 2.41. The lowest BCUT2D eigenvalue weighted by atomic mass is 10.0. The van der Waals surface area contributed by atoms with Crippen molar-refractivity contribution in [1.82, 2.24) is 19.8 Å². The fourth-order valence-electron chi connectivity index (χ4n) is 4.28. The minimum atomic E-state index is -2.14. The zero-order valence-corrected chi connectivity index (χ0v) is 25.6. The predicted molar refractivity (Wildman–Crippen MR) is 151 cm³/mol. The van der Waals surface area contributed by atoms with Crippen LogP contribution in [0.25, 0.3) is 0 Å². The van der Waals surface area contributed by atoms with Gasteiger partial charge in [-0.3, -0.25) is 9.48 Å². The van der Waals surface area contributed by atoms with E-state index in [-0.39, 0.29) is 17.5 Å². The van der Waals surface area contributed by atoms with Gasteiger partial charge in [0, 0.05) is 18.3 Å². The Balaban J connectivity index is 1.59. The standard InChI is InChI=1S/C28H39N5O5Si/c1-18-22(19(2)37-30-18)17-31-16-21(14-29-31)33-25(34)28(6,7)32(26(33)35)15-20-11-12-23(36-8)24(13-20)38-39(9,10)27(3,4)5/h11-14,16H,15,17H2,1-10H3. The first-order valence-electron chi connectivity index (χ1n) is 13.0. The van der Waals surface area contributed by atoms with Gasteiger partial charge in [-0.2, -0.15) is 5.10 Å². The zero-order chi connectivity index (χ0) is 28.9. The molecule has 210 valence electrons. The number of amides is 3. The van der Waals surface area contributed by atoms with Crippen LogP contribution >= 0.6 is 0 Å². The van der Waals surface area contributed by atoms with Crippen LogP contribution in [0, 0.1) is 13.8 Å². The van der Waals surface area contributed by atoms with E-state index in [1.807, 2.05) is 32.0 Å². The van der Waals surface area contributed by atoms with Crippen molar-refractivity contribution in [3.63, 3.8) is 0 Å². The molecule has 1 aliphatic heterocycles. The number of aromatic nitrogens is 3. The zero-order valence-electron chi connectivity index (χ0n) is 24.6. The van der Waals surface area contributed by atoms with E-state index in [0.717, 1.165) is 16.8 Å². The van der Waals surface area contributed by atoms with E-state index in [1.165, 1.54) is 11.1 Å². The number of methoxy groups -OCH3 is 1. The van der Waals surface area contributed by atoms with Gasteiger partial charge in [0.25, 0.3) is 14.2 Å². The van der Waals surface area contributed by atoms with Gasteiger partial charge in [-0.05, 0) is 63.5 Å². The fourth-order valence-corrected chi connectivity index (χ4v) is 5.30. The molecule has 4 rings (SSSR count). The lowest BCUT2D eigenvalue weighted by molar-refractivity contribution is -0.123. The summed E-state index contributed by atoms with van der Waals surface area (Å²) in [6, 6.07) is 5.26. The number of urea groups is 1. The summed E-state index contributed by atoms with van der Waals surface area (Å²) in [7, 11) is -0.525. The van der Waals surface area contributed by atoms with Crippen molar-refractivity contribution in [2.45, 2.75) is 85.2 Å². The average molecular weight is 554 g/mol. The van der Waals surface area contributed by atoms with Gasteiger partial charge in [0.15, 0.2) is 5.75 Å². The molecule has 39 heavy (non-hydrogen) atoms. The minimum Gasteiger partial charge on any atom is -0.541 e. The molecule has 1 saturated heterocycles. The number of nitrogens with zero attached hydrogens (tertiary/aromatic N) is 5. The topological polar surface area (TPSA) is 103 Å². The van der Waals surface area contributed by atoms with E-state index in [1.54, 1.807) is 36.7 Å². The third-order valence-corrected chi connectivity index (χ3v) is 12.3. The smallest absolute Gasteiger partial charge is 0.332 e. The van der Waals surface area contributed by atoms with E-state index in [2.05, 4.69) is 44.1 Å². The van der Waals surface area contributed by atoms with Gasteiger partial charge in [-0.15, -0.1) is 0 Å². The molecule has 0 radical (unpaired) electrons. The number of anilines is 1. The second-order valence-corrected chi connectivity index (χ2v) is 16.8. The van der Waals surface area contributed by atoms with E-state index in [9.17, 15) is 9.59 Å². The van der Waals surface area contributed by atoms with Crippen molar-refractivity contribution in [3.05, 3.63) is 53.2 Å². The number of aryl methyl sites for hydroxylation is 2. The maximum Gasteiger partial charge on any atom is 0.332 e. The van der Waals surface area contributed by atoms with Gasteiger partial charge in [-0.1, -0.05) is 32.0 Å². The summed E-state index contributed by atoms with van der Waals surface area (Å²) >= 11 is 0. The van der Waals surface area contributed by atoms with Gasteiger partial charge in [0.1, 0.15) is 17.0 Å². The summed E-state index contributed by atoms with van der Waals surface area (Å²) in [5, 5.41) is 8.37. The highest BCUT2D eigenvalue weighted by atomic mass is 28.4. The molecule has 0 saturated carbocycles. The highest BCUT2D eigenvalue weighted by molar-refractivity contribution is 6.74. The minimum absolute atomic E-state index is 0.00378. The highest BCUT2D eigenvalue weighted by Gasteiger charge is 2.52. The van der Waals surface area contributed by atoms with Crippen LogP contribution in [0.15, 0.2) is 35.1 Å². The summed E-state index contributed by atoms with van der Waals surface area (Å²) in [5.74, 6) is 1.69. The first-order chi connectivity index (χ1) is 18.1. The van der Waals surface area contributed by atoms with Crippen molar-refractivity contribution < 1.29 is 23.3 Å². The largest absolute Gasteiger partial charge is 0.541 e. The molecule has 0 atom stereocenters. The van der Waals surface area contributed by atoms with E-state index < -0.39 is 19.9 Å². The molecular weight excluding hydrogens is 514 g/mol. The molecule has 0 N–H and O–H groups in total. The number of carbonyl (C=O) groups is 2. The Morgan fingerprint density at radius 1 is 1.08 bits per heavy atom. The summed E-state index contributed by atoms with van der Waals surface area (Å²) in [6.07, 6.45) is 3.23. The molecule has 11 heteroatoms. The number of hydrogen-bond donors (Lipinski definition) is 0. The van der Waals surface area contributed by atoms with Gasteiger partial charge in [0.2, 0.25) is 0 Å². The second kappa shape index (κ2) is 9.85. The van der Waals surface area contributed by atoms with Crippen molar-refractivity contribution in [1.29, 1.82) is 0 Å². The van der Waals surface area contributed by atoms with Crippen LogP contribution in [0.4, 0.5) is 10.5 Å². The van der Waals surface area contributed by atoms with Crippen molar-refractivity contribution in [2.75, 3.05) is 12.0 Å². The predicted octanol–water partition coefficient (Wildman–Crippen LogP) is 5.68. The number of carbonyl (C=O) groups excluding carboxylic acids is 2. The van der Waals surface area contributed by atoms with Crippen LogP contribution < -0.4 is 14.1 Å². The van der Waals surface area contributed by atoms with E-state index in [4.69, 9.17) is 13.7 Å². The number of hydrogen-bond acceptors (Lipinski definition) is 7. The molecular formula is C28H39N5O5Si. The van der Waals surface area contributed by atoms with Gasteiger partial charge in [0.05, 0.1) is 31.2 Å². The molecule has 0 bridgehead atoms. The molecule has 0 aliphatic carbocycles. The Hall–Kier alpha value is -3.60. The molecule has 10 nitrogen and oxygen atoms in total. The van der Waals surface area contributed by atoms with Crippen LogP contribution in [0.1, 0.15) is 57.2 Å². The Morgan fingerprint density at radius 2 is 1.77 bits per heavy atom. The third-order valence-electron chi connectivity index (χ3n) is 7.94. The summed E-state index contributed by atoms with van der Waals surface area (Å²) in [5.41, 5.74) is 1.91. The first-order valence-corrected chi connectivity index (χ1v) is 15.9. The molecule has 2 aromatic heterocycles. The van der Waals surface area contributed by atoms with Crippen LogP contribution in [0.2, 0.25) is 18.1 Å². The van der Waals surface area contributed by atoms with Crippen LogP contribution in [0.3, 0.4) is 0 Å². The molecule has 1 aliphatic rings. The third kappa shape index (κ3) is 5.19. The van der Waals surface area contributed by atoms with Gasteiger partial charge in [-0.25, -0.2) is 9.69 Å². The Morgan fingerprint density at radius 3 is 2.36 bits per heavy atom. The number of ether oxygens (including phenoxy) is 1.